The van der Waals surface area contributed by atoms with Crippen LogP contribution in [-0.2, 0) is 0 Å². The third-order valence-electron chi connectivity index (χ3n) is 5.12. The molecule has 2 rings (SSSR count). The van der Waals surface area contributed by atoms with E-state index in [1.807, 2.05) is 0 Å². The van der Waals surface area contributed by atoms with Crippen LogP contribution >= 0.6 is 15.9 Å². The summed E-state index contributed by atoms with van der Waals surface area (Å²) in [5, 5.41) is 3.83. The second-order valence-electron chi connectivity index (χ2n) is 6.62. The molecule has 21 heavy (non-hydrogen) atoms. The van der Waals surface area contributed by atoms with Crippen LogP contribution in [0.15, 0.2) is 22.7 Å². The van der Waals surface area contributed by atoms with E-state index in [1.54, 1.807) is 0 Å². The van der Waals surface area contributed by atoms with E-state index in [4.69, 9.17) is 0 Å². The second kappa shape index (κ2) is 8.33. The standard InChI is InChI=1S/C19H30BrN/c1-4-12-21-19(16-8-6-15(5-2)7-9-16)18-11-10-17(20)13-14(18)3/h10-11,13,15-16,19,21H,4-9,12H2,1-3H3. The molecule has 2 heteroatoms. The number of aryl methyl sites for hydroxylation is 1. The zero-order valence-electron chi connectivity index (χ0n) is 13.8. The minimum absolute atomic E-state index is 0.538. The van der Waals surface area contributed by atoms with Crippen molar-refractivity contribution in [2.75, 3.05) is 6.54 Å². The molecule has 1 unspecified atom stereocenters. The van der Waals surface area contributed by atoms with Crippen molar-refractivity contribution < 1.29 is 0 Å². The number of halogens is 1. The van der Waals surface area contributed by atoms with Gasteiger partial charge in [0.2, 0.25) is 0 Å². The van der Waals surface area contributed by atoms with Crippen LogP contribution in [0.2, 0.25) is 0 Å². The van der Waals surface area contributed by atoms with E-state index >= 15 is 0 Å². The summed E-state index contributed by atoms with van der Waals surface area (Å²) >= 11 is 3.59. The summed E-state index contributed by atoms with van der Waals surface area (Å²) in [6, 6.07) is 7.31. The summed E-state index contributed by atoms with van der Waals surface area (Å²) in [4.78, 5) is 0. The summed E-state index contributed by atoms with van der Waals surface area (Å²) in [6.45, 7) is 7.97. The van der Waals surface area contributed by atoms with Gasteiger partial charge in [0.1, 0.15) is 0 Å². The molecule has 0 aliphatic heterocycles. The van der Waals surface area contributed by atoms with Crippen molar-refractivity contribution in [3.63, 3.8) is 0 Å². The van der Waals surface area contributed by atoms with E-state index in [-0.39, 0.29) is 0 Å². The highest BCUT2D eigenvalue weighted by Gasteiger charge is 2.28. The molecule has 1 saturated carbocycles. The van der Waals surface area contributed by atoms with Crippen LogP contribution in [0.3, 0.4) is 0 Å². The van der Waals surface area contributed by atoms with Crippen LogP contribution in [-0.4, -0.2) is 6.54 Å². The molecule has 1 aromatic carbocycles. The average molecular weight is 352 g/mol. The highest BCUT2D eigenvalue weighted by molar-refractivity contribution is 9.10. The number of benzene rings is 1. The zero-order chi connectivity index (χ0) is 15.2. The van der Waals surface area contributed by atoms with Gasteiger partial charge in [0.25, 0.3) is 0 Å². The van der Waals surface area contributed by atoms with Crippen molar-refractivity contribution in [3.05, 3.63) is 33.8 Å². The minimum atomic E-state index is 0.538. The van der Waals surface area contributed by atoms with Crippen LogP contribution in [0.4, 0.5) is 0 Å². The Kier molecular flexibility index (Phi) is 6.75. The Morgan fingerprint density at radius 1 is 1.19 bits per heavy atom. The monoisotopic (exact) mass is 351 g/mol. The Hall–Kier alpha value is -0.340. The van der Waals surface area contributed by atoms with Crippen LogP contribution in [0, 0.1) is 18.8 Å². The van der Waals surface area contributed by atoms with Gasteiger partial charge in [-0.25, -0.2) is 0 Å². The van der Waals surface area contributed by atoms with Gasteiger partial charge in [-0.1, -0.05) is 55.1 Å². The summed E-state index contributed by atoms with van der Waals surface area (Å²) < 4.78 is 1.19. The zero-order valence-corrected chi connectivity index (χ0v) is 15.4. The Balaban J connectivity index is 2.14. The minimum Gasteiger partial charge on any atom is -0.310 e. The van der Waals surface area contributed by atoms with Gasteiger partial charge in [-0.15, -0.1) is 0 Å². The third kappa shape index (κ3) is 4.56. The van der Waals surface area contributed by atoms with Gasteiger partial charge in [-0.3, -0.25) is 0 Å². The van der Waals surface area contributed by atoms with Gasteiger partial charge >= 0.3 is 0 Å². The first-order chi connectivity index (χ1) is 10.2. The fourth-order valence-electron chi connectivity index (χ4n) is 3.75. The lowest BCUT2D eigenvalue weighted by Crippen LogP contribution is -2.32. The molecule has 0 aromatic heterocycles. The Labute approximate surface area is 139 Å². The molecule has 1 N–H and O–H groups in total. The van der Waals surface area contributed by atoms with Crippen LogP contribution in [0.25, 0.3) is 0 Å². The van der Waals surface area contributed by atoms with Gasteiger partial charge in [0.05, 0.1) is 0 Å². The molecule has 0 radical (unpaired) electrons. The van der Waals surface area contributed by atoms with Crippen molar-refractivity contribution in [2.45, 2.75) is 65.3 Å². The first-order valence-electron chi connectivity index (χ1n) is 8.65. The highest BCUT2D eigenvalue weighted by atomic mass is 79.9. The van der Waals surface area contributed by atoms with Crippen LogP contribution < -0.4 is 5.32 Å². The fraction of sp³-hybridized carbons (Fsp3) is 0.684. The van der Waals surface area contributed by atoms with Crippen molar-refractivity contribution in [3.8, 4) is 0 Å². The SMILES string of the molecule is CCCNC(c1ccc(Br)cc1C)C1CCC(CC)CC1. The Morgan fingerprint density at radius 3 is 2.48 bits per heavy atom. The quantitative estimate of drug-likeness (QED) is 0.661. The molecular formula is C19H30BrN. The molecule has 0 heterocycles. The number of hydrogen-bond donors (Lipinski definition) is 1. The lowest BCUT2D eigenvalue weighted by atomic mass is 9.75. The lowest BCUT2D eigenvalue weighted by Gasteiger charge is -2.35. The summed E-state index contributed by atoms with van der Waals surface area (Å²) in [6.07, 6.45) is 8.17. The molecule has 1 aliphatic rings. The van der Waals surface area contributed by atoms with Crippen molar-refractivity contribution in [2.24, 2.45) is 11.8 Å². The average Bonchev–Trinajstić information content (AvgIpc) is 2.50. The maximum atomic E-state index is 3.83. The molecule has 1 nitrogen and oxygen atoms in total. The Morgan fingerprint density at radius 2 is 1.90 bits per heavy atom. The van der Waals surface area contributed by atoms with Gasteiger partial charge in [0, 0.05) is 10.5 Å². The number of rotatable bonds is 6. The van der Waals surface area contributed by atoms with E-state index in [0.717, 1.165) is 18.4 Å². The molecule has 1 aliphatic carbocycles. The van der Waals surface area contributed by atoms with Gasteiger partial charge in [-0.05, 0) is 67.8 Å². The summed E-state index contributed by atoms with van der Waals surface area (Å²) in [7, 11) is 0. The Bertz CT molecular complexity index is 435. The van der Waals surface area contributed by atoms with E-state index in [1.165, 1.54) is 54.1 Å². The summed E-state index contributed by atoms with van der Waals surface area (Å²) in [5.74, 6) is 1.78. The molecule has 0 bridgehead atoms. The predicted octanol–water partition coefficient (Wildman–Crippen LogP) is 6.01. The largest absolute Gasteiger partial charge is 0.310 e. The normalized spacial score (nSPS) is 24.0. The molecule has 0 saturated heterocycles. The topological polar surface area (TPSA) is 12.0 Å². The molecule has 118 valence electrons. The second-order valence-corrected chi connectivity index (χ2v) is 7.54. The molecule has 1 atom stereocenters. The maximum Gasteiger partial charge on any atom is 0.0351 e. The predicted molar refractivity (Wildman–Crippen MR) is 95.7 cm³/mol. The van der Waals surface area contributed by atoms with E-state index in [9.17, 15) is 0 Å². The van der Waals surface area contributed by atoms with Crippen LogP contribution in [0.5, 0.6) is 0 Å². The number of nitrogens with one attached hydrogen (secondary N) is 1. The van der Waals surface area contributed by atoms with E-state index < -0.39 is 0 Å². The highest BCUT2D eigenvalue weighted by Crippen LogP contribution is 2.39. The lowest BCUT2D eigenvalue weighted by molar-refractivity contribution is 0.218. The fourth-order valence-corrected chi connectivity index (χ4v) is 4.22. The van der Waals surface area contributed by atoms with Crippen molar-refractivity contribution in [1.29, 1.82) is 0 Å². The number of hydrogen-bond acceptors (Lipinski definition) is 1. The maximum absolute atomic E-state index is 3.83. The first kappa shape index (κ1) is 17.0. The molecular weight excluding hydrogens is 322 g/mol. The van der Waals surface area contributed by atoms with Gasteiger partial charge in [-0.2, -0.15) is 0 Å². The van der Waals surface area contributed by atoms with E-state index in [2.05, 4.69) is 60.2 Å². The smallest absolute Gasteiger partial charge is 0.0351 e. The van der Waals surface area contributed by atoms with E-state index in [0.29, 0.717) is 6.04 Å². The van der Waals surface area contributed by atoms with Gasteiger partial charge < -0.3 is 5.32 Å². The first-order valence-corrected chi connectivity index (χ1v) is 9.44. The van der Waals surface area contributed by atoms with Crippen LogP contribution in [0.1, 0.15) is 69.5 Å². The molecule has 0 spiro atoms. The molecule has 1 aromatic rings. The summed E-state index contributed by atoms with van der Waals surface area (Å²) in [5.41, 5.74) is 2.92. The third-order valence-corrected chi connectivity index (χ3v) is 5.61. The van der Waals surface area contributed by atoms with Gasteiger partial charge in [0.15, 0.2) is 0 Å². The molecule has 0 amide bonds. The van der Waals surface area contributed by atoms with Crippen molar-refractivity contribution in [1.82, 2.24) is 5.32 Å². The van der Waals surface area contributed by atoms with Crippen molar-refractivity contribution >= 4 is 15.9 Å². The molecule has 1 fully saturated rings.